The van der Waals surface area contributed by atoms with Crippen LogP contribution in [0.5, 0.6) is 5.75 Å². The van der Waals surface area contributed by atoms with Gasteiger partial charge in [-0.25, -0.2) is 0 Å². The number of methoxy groups -OCH3 is 1. The number of hydrogen-bond donors (Lipinski definition) is 0. The lowest BCUT2D eigenvalue weighted by molar-refractivity contribution is -0.133. The molecule has 162 valence electrons. The second-order valence-corrected chi connectivity index (χ2v) is 8.92. The van der Waals surface area contributed by atoms with Gasteiger partial charge in [-0.15, -0.1) is 16.8 Å². The van der Waals surface area contributed by atoms with Crippen molar-refractivity contribution in [2.75, 3.05) is 13.7 Å². The van der Waals surface area contributed by atoms with E-state index in [9.17, 15) is 4.79 Å². The van der Waals surface area contributed by atoms with E-state index in [2.05, 4.69) is 28.6 Å². The maximum Gasteiger partial charge on any atom is 0.236 e. The molecule has 0 aliphatic heterocycles. The zero-order valence-electron chi connectivity index (χ0n) is 18.2. The number of allylic oxidation sites excluding steroid dienone is 1. The number of thioether (sulfide) groups is 1. The van der Waals surface area contributed by atoms with Crippen molar-refractivity contribution in [1.29, 1.82) is 0 Å². The van der Waals surface area contributed by atoms with E-state index < -0.39 is 0 Å². The fourth-order valence-corrected chi connectivity index (χ4v) is 4.98. The van der Waals surface area contributed by atoms with Crippen molar-refractivity contribution in [3.05, 3.63) is 36.9 Å². The van der Waals surface area contributed by atoms with Gasteiger partial charge < -0.3 is 9.64 Å². The van der Waals surface area contributed by atoms with Crippen LogP contribution in [0.2, 0.25) is 0 Å². The predicted octanol–water partition coefficient (Wildman–Crippen LogP) is 4.80. The lowest BCUT2D eigenvalue weighted by Crippen LogP contribution is -2.44. The number of ether oxygens (including phenoxy) is 1. The molecule has 1 aliphatic carbocycles. The Balaban J connectivity index is 1.78. The van der Waals surface area contributed by atoms with Crippen LogP contribution in [0.25, 0.3) is 11.4 Å². The van der Waals surface area contributed by atoms with Crippen molar-refractivity contribution in [1.82, 2.24) is 19.7 Å². The first-order valence-electron chi connectivity index (χ1n) is 10.7. The topological polar surface area (TPSA) is 60.2 Å². The van der Waals surface area contributed by atoms with Gasteiger partial charge >= 0.3 is 0 Å². The minimum atomic E-state index is -0.219. The Morgan fingerprint density at radius 2 is 2.00 bits per heavy atom. The first kappa shape index (κ1) is 22.4. The van der Waals surface area contributed by atoms with Crippen molar-refractivity contribution in [3.63, 3.8) is 0 Å². The Morgan fingerprint density at radius 3 is 2.60 bits per heavy atom. The van der Waals surface area contributed by atoms with Crippen molar-refractivity contribution in [3.8, 4) is 17.1 Å². The van der Waals surface area contributed by atoms with Gasteiger partial charge in [0.2, 0.25) is 5.91 Å². The molecule has 1 atom stereocenters. The molecule has 1 aromatic heterocycles. The molecule has 1 fully saturated rings. The molecule has 0 spiro atoms. The second kappa shape index (κ2) is 10.7. The van der Waals surface area contributed by atoms with Gasteiger partial charge in [0.05, 0.1) is 12.4 Å². The SMILES string of the molecule is C=CCn1c(S[C@@H](C)C(=O)N(CC)C2CCCCC2)nnc1-c1ccc(OC)cc1. The van der Waals surface area contributed by atoms with Crippen LogP contribution < -0.4 is 4.74 Å². The second-order valence-electron chi connectivity index (χ2n) is 7.61. The van der Waals surface area contributed by atoms with Gasteiger partial charge in [-0.3, -0.25) is 9.36 Å². The minimum absolute atomic E-state index is 0.188. The number of hydrogen-bond acceptors (Lipinski definition) is 5. The zero-order valence-corrected chi connectivity index (χ0v) is 19.0. The molecule has 3 rings (SSSR count). The lowest BCUT2D eigenvalue weighted by Gasteiger charge is -2.35. The molecule has 6 nitrogen and oxygen atoms in total. The van der Waals surface area contributed by atoms with Gasteiger partial charge in [0.25, 0.3) is 0 Å². The summed E-state index contributed by atoms with van der Waals surface area (Å²) in [5.74, 6) is 1.75. The van der Waals surface area contributed by atoms with E-state index >= 15 is 0 Å². The van der Waals surface area contributed by atoms with E-state index in [0.29, 0.717) is 12.6 Å². The van der Waals surface area contributed by atoms with Crippen molar-refractivity contribution >= 4 is 17.7 Å². The summed E-state index contributed by atoms with van der Waals surface area (Å²) in [6.45, 7) is 9.26. The van der Waals surface area contributed by atoms with Gasteiger partial charge in [-0.2, -0.15) is 0 Å². The van der Waals surface area contributed by atoms with Crippen LogP contribution >= 0.6 is 11.8 Å². The van der Waals surface area contributed by atoms with Crippen LogP contribution in [0, 0.1) is 0 Å². The maximum absolute atomic E-state index is 13.2. The highest BCUT2D eigenvalue weighted by atomic mass is 32.2. The third-order valence-electron chi connectivity index (χ3n) is 5.65. The van der Waals surface area contributed by atoms with E-state index in [1.165, 1.54) is 31.0 Å². The average molecular weight is 429 g/mol. The zero-order chi connectivity index (χ0) is 21.5. The molecule has 0 unspecified atom stereocenters. The number of nitrogens with zero attached hydrogens (tertiary/aromatic N) is 4. The van der Waals surface area contributed by atoms with E-state index in [1.807, 2.05) is 41.8 Å². The summed E-state index contributed by atoms with van der Waals surface area (Å²) in [6, 6.07) is 8.12. The Hall–Kier alpha value is -2.28. The molecule has 0 radical (unpaired) electrons. The summed E-state index contributed by atoms with van der Waals surface area (Å²) < 4.78 is 7.26. The number of carbonyl (C=O) groups excluding carboxylic acids is 1. The third-order valence-corrected chi connectivity index (χ3v) is 6.71. The highest BCUT2D eigenvalue weighted by molar-refractivity contribution is 8.00. The summed E-state index contributed by atoms with van der Waals surface area (Å²) >= 11 is 1.47. The van der Waals surface area contributed by atoms with Gasteiger partial charge in [-0.1, -0.05) is 37.1 Å². The molecule has 0 saturated heterocycles. The molecule has 1 saturated carbocycles. The molecule has 7 heteroatoms. The molecule has 2 aromatic rings. The number of rotatable bonds is 9. The Kier molecular flexibility index (Phi) is 7.96. The summed E-state index contributed by atoms with van der Waals surface area (Å²) in [6.07, 6.45) is 7.78. The van der Waals surface area contributed by atoms with Crippen molar-refractivity contribution in [2.24, 2.45) is 0 Å². The fraction of sp³-hybridized carbons (Fsp3) is 0.522. The summed E-state index contributed by atoms with van der Waals surface area (Å²) in [4.78, 5) is 15.3. The molecule has 1 aromatic carbocycles. The smallest absolute Gasteiger partial charge is 0.236 e. The standard InChI is InChI=1S/C23H32N4O2S/c1-5-16-27-21(18-12-14-20(29-4)15-13-18)24-25-23(27)30-17(3)22(28)26(6-2)19-10-8-7-9-11-19/h5,12-15,17,19H,1,6-11,16H2,2-4H3/t17-/m0/s1. The van der Waals surface area contributed by atoms with Gasteiger partial charge in [0, 0.05) is 24.7 Å². The number of benzene rings is 1. The first-order valence-corrected chi connectivity index (χ1v) is 11.6. The third kappa shape index (κ3) is 5.06. The van der Waals surface area contributed by atoms with Crippen LogP contribution in [0.3, 0.4) is 0 Å². The molecule has 0 N–H and O–H groups in total. The Labute approximate surface area is 183 Å². The number of amides is 1. The van der Waals surface area contributed by atoms with Crippen molar-refractivity contribution < 1.29 is 9.53 Å². The van der Waals surface area contributed by atoms with Gasteiger partial charge in [0.15, 0.2) is 11.0 Å². The normalized spacial score (nSPS) is 15.6. The quantitative estimate of drug-likeness (QED) is 0.424. The average Bonchev–Trinajstić information content (AvgIpc) is 3.17. The molecular formula is C23H32N4O2S. The van der Waals surface area contributed by atoms with Crippen LogP contribution in [0.15, 0.2) is 42.1 Å². The van der Waals surface area contributed by atoms with Crippen LogP contribution in [0.1, 0.15) is 46.0 Å². The highest BCUT2D eigenvalue weighted by Crippen LogP contribution is 2.30. The molecule has 1 heterocycles. The molecular weight excluding hydrogens is 396 g/mol. The summed E-state index contributed by atoms with van der Waals surface area (Å²) in [5, 5.41) is 9.32. The van der Waals surface area contributed by atoms with E-state index in [0.717, 1.165) is 41.7 Å². The highest BCUT2D eigenvalue weighted by Gasteiger charge is 2.29. The van der Waals surface area contributed by atoms with E-state index in [-0.39, 0.29) is 11.2 Å². The minimum Gasteiger partial charge on any atom is -0.497 e. The predicted molar refractivity (Wildman–Crippen MR) is 122 cm³/mol. The van der Waals surface area contributed by atoms with Crippen molar-refractivity contribution in [2.45, 2.75) is 68.9 Å². The molecule has 0 bridgehead atoms. The summed E-state index contributed by atoms with van der Waals surface area (Å²) in [5.41, 5.74) is 0.952. The monoisotopic (exact) mass is 428 g/mol. The van der Waals surface area contributed by atoms with E-state index in [1.54, 1.807) is 7.11 Å². The number of aromatic nitrogens is 3. The molecule has 1 aliphatic rings. The Bertz CT molecular complexity index is 843. The fourth-order valence-electron chi connectivity index (χ4n) is 4.05. The summed E-state index contributed by atoms with van der Waals surface area (Å²) in [7, 11) is 1.65. The largest absolute Gasteiger partial charge is 0.497 e. The van der Waals surface area contributed by atoms with Gasteiger partial charge in [0.1, 0.15) is 5.75 Å². The van der Waals surface area contributed by atoms with Gasteiger partial charge in [-0.05, 0) is 51.0 Å². The molecule has 1 amide bonds. The Morgan fingerprint density at radius 1 is 1.30 bits per heavy atom. The van der Waals surface area contributed by atoms with Crippen LogP contribution in [0.4, 0.5) is 0 Å². The first-order chi connectivity index (χ1) is 14.6. The van der Waals surface area contributed by atoms with Crippen LogP contribution in [-0.4, -0.2) is 50.5 Å². The maximum atomic E-state index is 13.2. The van der Waals surface area contributed by atoms with Crippen LogP contribution in [-0.2, 0) is 11.3 Å². The lowest BCUT2D eigenvalue weighted by atomic mass is 9.94. The molecule has 30 heavy (non-hydrogen) atoms. The number of carbonyl (C=O) groups is 1. The van der Waals surface area contributed by atoms with E-state index in [4.69, 9.17) is 4.74 Å².